The Morgan fingerprint density at radius 3 is 3.00 bits per heavy atom. The van der Waals surface area contributed by atoms with E-state index in [1.165, 1.54) is 25.7 Å². The molecule has 84 valence electrons. The van der Waals surface area contributed by atoms with E-state index in [9.17, 15) is 5.11 Å². The van der Waals surface area contributed by atoms with Crippen molar-refractivity contribution < 1.29 is 5.11 Å². The van der Waals surface area contributed by atoms with Gasteiger partial charge in [-0.2, -0.15) is 0 Å². The van der Waals surface area contributed by atoms with Gasteiger partial charge in [0.1, 0.15) is 0 Å². The summed E-state index contributed by atoms with van der Waals surface area (Å²) < 4.78 is 0. The molecule has 2 fully saturated rings. The van der Waals surface area contributed by atoms with E-state index in [0.717, 1.165) is 24.8 Å². The average molecular weight is 207 g/mol. The summed E-state index contributed by atoms with van der Waals surface area (Å²) in [5.74, 6) is 2.27. The lowest BCUT2D eigenvalue weighted by Crippen LogP contribution is -2.49. The summed E-state index contributed by atoms with van der Waals surface area (Å²) in [6, 6.07) is 0.710. The second-order valence-corrected chi connectivity index (χ2v) is 5.51. The third-order valence-corrected chi connectivity index (χ3v) is 4.62. The van der Waals surface area contributed by atoms with Gasteiger partial charge in [-0.05, 0) is 43.4 Å². The SMILES string of the molecule is OC1CCCC1CNC1CC2CC=CC21. The lowest BCUT2D eigenvalue weighted by Gasteiger charge is -2.41. The van der Waals surface area contributed by atoms with Crippen LogP contribution in [0, 0.1) is 17.8 Å². The maximum absolute atomic E-state index is 9.73. The van der Waals surface area contributed by atoms with Gasteiger partial charge in [0.15, 0.2) is 0 Å². The zero-order valence-corrected chi connectivity index (χ0v) is 9.23. The van der Waals surface area contributed by atoms with E-state index < -0.39 is 0 Å². The van der Waals surface area contributed by atoms with E-state index in [2.05, 4.69) is 17.5 Å². The van der Waals surface area contributed by atoms with Crippen LogP contribution in [0.1, 0.15) is 32.1 Å². The Bertz CT molecular complexity index is 263. The molecule has 5 atom stereocenters. The van der Waals surface area contributed by atoms with Crippen LogP contribution in [0.25, 0.3) is 0 Å². The number of hydrogen-bond acceptors (Lipinski definition) is 2. The monoisotopic (exact) mass is 207 g/mol. The summed E-state index contributed by atoms with van der Waals surface area (Å²) in [7, 11) is 0. The van der Waals surface area contributed by atoms with Crippen molar-refractivity contribution in [2.75, 3.05) is 6.54 Å². The van der Waals surface area contributed by atoms with E-state index in [4.69, 9.17) is 0 Å². The minimum absolute atomic E-state index is 0.0347. The van der Waals surface area contributed by atoms with Crippen molar-refractivity contribution in [1.82, 2.24) is 5.32 Å². The van der Waals surface area contributed by atoms with Crippen molar-refractivity contribution in [2.45, 2.75) is 44.2 Å². The molecule has 0 heterocycles. The molecule has 2 heteroatoms. The fraction of sp³-hybridized carbons (Fsp3) is 0.846. The molecule has 0 aliphatic heterocycles. The first-order valence-electron chi connectivity index (χ1n) is 6.42. The van der Waals surface area contributed by atoms with Gasteiger partial charge < -0.3 is 10.4 Å². The van der Waals surface area contributed by atoms with Gasteiger partial charge in [0.25, 0.3) is 0 Å². The van der Waals surface area contributed by atoms with Gasteiger partial charge in [0.2, 0.25) is 0 Å². The molecule has 0 aromatic heterocycles. The van der Waals surface area contributed by atoms with Crippen LogP contribution in [0.2, 0.25) is 0 Å². The molecule has 5 unspecified atom stereocenters. The van der Waals surface area contributed by atoms with Gasteiger partial charge >= 0.3 is 0 Å². The Kier molecular flexibility index (Phi) is 2.57. The van der Waals surface area contributed by atoms with Crippen molar-refractivity contribution in [2.24, 2.45) is 17.8 Å². The number of fused-ring (bicyclic) bond motifs is 1. The Labute approximate surface area is 91.8 Å². The maximum Gasteiger partial charge on any atom is 0.0580 e. The van der Waals surface area contributed by atoms with Crippen LogP contribution in [-0.4, -0.2) is 23.8 Å². The second-order valence-electron chi connectivity index (χ2n) is 5.51. The molecule has 2 N–H and O–H groups in total. The fourth-order valence-corrected chi connectivity index (χ4v) is 3.51. The first kappa shape index (κ1) is 9.86. The molecular formula is C13H21NO. The number of allylic oxidation sites excluding steroid dienone is 1. The summed E-state index contributed by atoms with van der Waals surface area (Å²) in [5.41, 5.74) is 0. The molecule has 2 nitrogen and oxygen atoms in total. The molecule has 0 amide bonds. The molecular weight excluding hydrogens is 186 g/mol. The molecule has 15 heavy (non-hydrogen) atoms. The quantitative estimate of drug-likeness (QED) is 0.690. The Balaban J connectivity index is 1.45. The molecule has 0 bridgehead atoms. The minimum Gasteiger partial charge on any atom is -0.393 e. The van der Waals surface area contributed by atoms with Crippen LogP contribution in [0.15, 0.2) is 12.2 Å². The number of aliphatic hydroxyl groups excluding tert-OH is 1. The summed E-state index contributed by atoms with van der Waals surface area (Å²) in [5, 5.41) is 13.4. The highest BCUT2D eigenvalue weighted by molar-refractivity contribution is 5.12. The summed E-state index contributed by atoms with van der Waals surface area (Å²) in [6.45, 7) is 1.03. The van der Waals surface area contributed by atoms with Crippen molar-refractivity contribution in [3.63, 3.8) is 0 Å². The van der Waals surface area contributed by atoms with Crippen molar-refractivity contribution in [3.8, 4) is 0 Å². The molecule has 3 aliphatic carbocycles. The summed E-state index contributed by atoms with van der Waals surface area (Å²) >= 11 is 0. The maximum atomic E-state index is 9.73. The highest BCUT2D eigenvalue weighted by atomic mass is 16.3. The lowest BCUT2D eigenvalue weighted by atomic mass is 9.71. The van der Waals surface area contributed by atoms with Crippen LogP contribution in [0.4, 0.5) is 0 Å². The van der Waals surface area contributed by atoms with Gasteiger partial charge in [-0.3, -0.25) is 0 Å². The second kappa shape index (κ2) is 3.91. The Hall–Kier alpha value is -0.340. The van der Waals surface area contributed by atoms with Gasteiger partial charge in [-0.15, -0.1) is 0 Å². The van der Waals surface area contributed by atoms with Crippen LogP contribution in [0.5, 0.6) is 0 Å². The zero-order valence-electron chi connectivity index (χ0n) is 9.23. The van der Waals surface area contributed by atoms with E-state index in [0.29, 0.717) is 12.0 Å². The van der Waals surface area contributed by atoms with Crippen LogP contribution in [0.3, 0.4) is 0 Å². The molecule has 0 aromatic carbocycles. The van der Waals surface area contributed by atoms with E-state index >= 15 is 0 Å². The zero-order chi connectivity index (χ0) is 10.3. The van der Waals surface area contributed by atoms with Crippen LogP contribution >= 0.6 is 0 Å². The van der Waals surface area contributed by atoms with Crippen molar-refractivity contribution >= 4 is 0 Å². The minimum atomic E-state index is -0.0347. The molecule has 0 spiro atoms. The number of rotatable bonds is 3. The van der Waals surface area contributed by atoms with Gasteiger partial charge in [-0.25, -0.2) is 0 Å². The van der Waals surface area contributed by atoms with Crippen molar-refractivity contribution in [3.05, 3.63) is 12.2 Å². The standard InChI is InChI=1S/C13H21NO/c15-13-6-2-4-10(13)8-14-12-7-9-3-1-5-11(9)12/h1,5,9-15H,2-4,6-8H2. The predicted octanol–water partition coefficient (Wildman–Crippen LogP) is 1.70. The smallest absolute Gasteiger partial charge is 0.0580 e. The lowest BCUT2D eigenvalue weighted by molar-refractivity contribution is 0.111. The third-order valence-electron chi connectivity index (χ3n) is 4.62. The predicted molar refractivity (Wildman–Crippen MR) is 60.5 cm³/mol. The van der Waals surface area contributed by atoms with Gasteiger partial charge in [0, 0.05) is 12.6 Å². The third kappa shape index (κ3) is 1.74. The number of hydrogen-bond donors (Lipinski definition) is 2. The van der Waals surface area contributed by atoms with E-state index in [1.807, 2.05) is 0 Å². The highest BCUT2D eigenvalue weighted by Crippen LogP contribution is 2.42. The molecule has 3 rings (SSSR count). The normalized spacial score (nSPS) is 47.9. The molecule has 0 aromatic rings. The van der Waals surface area contributed by atoms with E-state index in [1.54, 1.807) is 0 Å². The highest BCUT2D eigenvalue weighted by Gasteiger charge is 2.41. The number of aliphatic hydroxyl groups is 1. The molecule has 0 radical (unpaired) electrons. The first-order valence-corrected chi connectivity index (χ1v) is 6.42. The molecule has 3 aliphatic rings. The van der Waals surface area contributed by atoms with Gasteiger partial charge in [0.05, 0.1) is 6.10 Å². The average Bonchev–Trinajstić information content (AvgIpc) is 2.75. The molecule has 2 saturated carbocycles. The Morgan fingerprint density at radius 1 is 1.33 bits per heavy atom. The summed E-state index contributed by atoms with van der Waals surface area (Å²) in [6.07, 6.45) is 10.8. The van der Waals surface area contributed by atoms with E-state index in [-0.39, 0.29) is 6.10 Å². The van der Waals surface area contributed by atoms with Crippen LogP contribution < -0.4 is 5.32 Å². The van der Waals surface area contributed by atoms with Crippen LogP contribution in [-0.2, 0) is 0 Å². The first-order chi connectivity index (χ1) is 7.34. The van der Waals surface area contributed by atoms with Crippen molar-refractivity contribution in [1.29, 1.82) is 0 Å². The summed E-state index contributed by atoms with van der Waals surface area (Å²) in [4.78, 5) is 0. The topological polar surface area (TPSA) is 32.3 Å². The largest absolute Gasteiger partial charge is 0.393 e. The fourth-order valence-electron chi connectivity index (χ4n) is 3.51. The number of nitrogens with one attached hydrogen (secondary N) is 1. The molecule has 0 saturated heterocycles. The Morgan fingerprint density at radius 2 is 2.27 bits per heavy atom. The van der Waals surface area contributed by atoms with Gasteiger partial charge in [-0.1, -0.05) is 18.6 Å².